The normalized spacial score (nSPS) is 12.3. The lowest BCUT2D eigenvalue weighted by Crippen LogP contribution is -2.07. The van der Waals surface area contributed by atoms with E-state index in [-0.39, 0.29) is 11.3 Å². The minimum Gasteiger partial charge on any atom is -0.410 e. The molecule has 0 spiro atoms. The SMILES string of the molecule is NN=CC(=NO)c1cc(F)ccc1F. The molecule has 1 aromatic carbocycles. The predicted molar refractivity (Wildman–Crippen MR) is 47.4 cm³/mol. The van der Waals surface area contributed by atoms with Crippen LogP contribution in [0.25, 0.3) is 0 Å². The smallest absolute Gasteiger partial charge is 0.132 e. The highest BCUT2D eigenvalue weighted by Crippen LogP contribution is 2.10. The molecule has 6 heteroatoms. The largest absolute Gasteiger partial charge is 0.410 e. The van der Waals surface area contributed by atoms with Gasteiger partial charge in [-0.25, -0.2) is 8.78 Å². The zero-order valence-corrected chi connectivity index (χ0v) is 6.98. The van der Waals surface area contributed by atoms with Crippen LogP contribution in [-0.2, 0) is 0 Å². The van der Waals surface area contributed by atoms with Crippen molar-refractivity contribution in [1.29, 1.82) is 0 Å². The number of hydrogen-bond acceptors (Lipinski definition) is 4. The van der Waals surface area contributed by atoms with Gasteiger partial charge in [-0.05, 0) is 18.2 Å². The molecule has 0 fully saturated rings. The molecule has 1 rings (SSSR count). The summed E-state index contributed by atoms with van der Waals surface area (Å²) in [6.45, 7) is 0. The van der Waals surface area contributed by atoms with Gasteiger partial charge >= 0.3 is 0 Å². The van der Waals surface area contributed by atoms with E-state index < -0.39 is 11.6 Å². The molecule has 74 valence electrons. The Morgan fingerprint density at radius 1 is 1.43 bits per heavy atom. The molecule has 0 aliphatic carbocycles. The van der Waals surface area contributed by atoms with E-state index in [9.17, 15) is 8.78 Å². The molecule has 0 aliphatic rings. The van der Waals surface area contributed by atoms with E-state index in [0.717, 1.165) is 24.4 Å². The minimum atomic E-state index is -0.723. The fourth-order valence-electron chi connectivity index (χ4n) is 0.914. The lowest BCUT2D eigenvalue weighted by molar-refractivity contribution is 0.320. The van der Waals surface area contributed by atoms with Gasteiger partial charge in [0.15, 0.2) is 0 Å². The zero-order valence-electron chi connectivity index (χ0n) is 6.98. The third-order valence-corrected chi connectivity index (χ3v) is 1.51. The van der Waals surface area contributed by atoms with Crippen LogP contribution in [0, 0.1) is 11.6 Å². The van der Waals surface area contributed by atoms with E-state index >= 15 is 0 Å². The van der Waals surface area contributed by atoms with Crippen LogP contribution in [-0.4, -0.2) is 17.1 Å². The summed E-state index contributed by atoms with van der Waals surface area (Å²) in [4.78, 5) is 0. The summed E-state index contributed by atoms with van der Waals surface area (Å²) in [5.74, 6) is 3.42. The van der Waals surface area contributed by atoms with Crippen LogP contribution in [0.15, 0.2) is 28.5 Å². The minimum absolute atomic E-state index is 0.207. The van der Waals surface area contributed by atoms with E-state index in [2.05, 4.69) is 10.3 Å². The summed E-state index contributed by atoms with van der Waals surface area (Å²) in [6, 6.07) is 2.75. The van der Waals surface area contributed by atoms with Crippen LogP contribution in [0.1, 0.15) is 5.56 Å². The first-order valence-corrected chi connectivity index (χ1v) is 3.59. The molecule has 0 saturated carbocycles. The van der Waals surface area contributed by atoms with Crippen molar-refractivity contribution in [1.82, 2.24) is 0 Å². The molecule has 0 bridgehead atoms. The van der Waals surface area contributed by atoms with Crippen molar-refractivity contribution in [2.75, 3.05) is 0 Å². The Morgan fingerprint density at radius 3 is 2.71 bits per heavy atom. The molecule has 0 aromatic heterocycles. The van der Waals surface area contributed by atoms with Crippen LogP contribution in [0.5, 0.6) is 0 Å². The number of nitrogens with zero attached hydrogens (tertiary/aromatic N) is 2. The Kier molecular flexibility index (Phi) is 3.11. The molecule has 3 N–H and O–H groups in total. The van der Waals surface area contributed by atoms with Gasteiger partial charge in [0.1, 0.15) is 17.3 Å². The first-order valence-electron chi connectivity index (χ1n) is 3.59. The van der Waals surface area contributed by atoms with Crippen molar-refractivity contribution in [2.24, 2.45) is 16.1 Å². The Balaban J connectivity index is 3.22. The Labute approximate surface area is 78.3 Å². The van der Waals surface area contributed by atoms with Gasteiger partial charge in [0, 0.05) is 5.56 Å². The number of oxime groups is 1. The van der Waals surface area contributed by atoms with Gasteiger partial charge in [0.05, 0.1) is 6.21 Å². The van der Waals surface area contributed by atoms with Crippen molar-refractivity contribution < 1.29 is 14.0 Å². The Bertz CT molecular complexity index is 390. The molecule has 0 unspecified atom stereocenters. The van der Waals surface area contributed by atoms with Crippen LogP contribution < -0.4 is 5.84 Å². The molecule has 1 aromatic rings. The molecule has 14 heavy (non-hydrogen) atoms. The average Bonchev–Trinajstić information content (AvgIpc) is 2.18. The molecule has 0 aliphatic heterocycles. The molecule has 4 nitrogen and oxygen atoms in total. The lowest BCUT2D eigenvalue weighted by Gasteiger charge is -2.00. The van der Waals surface area contributed by atoms with Crippen molar-refractivity contribution in [3.05, 3.63) is 35.4 Å². The molecule has 0 heterocycles. The maximum Gasteiger partial charge on any atom is 0.132 e. The highest BCUT2D eigenvalue weighted by Gasteiger charge is 2.09. The first kappa shape index (κ1) is 10.1. The highest BCUT2D eigenvalue weighted by molar-refractivity contribution is 6.38. The Morgan fingerprint density at radius 2 is 2.14 bits per heavy atom. The molecular weight excluding hydrogens is 192 g/mol. The molecule has 0 radical (unpaired) electrons. The number of benzene rings is 1. The van der Waals surface area contributed by atoms with Gasteiger partial charge in [-0.2, -0.15) is 5.10 Å². The van der Waals surface area contributed by atoms with E-state index in [1.807, 2.05) is 0 Å². The number of hydrazone groups is 1. The van der Waals surface area contributed by atoms with E-state index in [4.69, 9.17) is 11.0 Å². The fourth-order valence-corrected chi connectivity index (χ4v) is 0.914. The van der Waals surface area contributed by atoms with Crippen molar-refractivity contribution in [3.63, 3.8) is 0 Å². The van der Waals surface area contributed by atoms with Crippen LogP contribution in [0.4, 0.5) is 8.78 Å². The second-order valence-electron chi connectivity index (χ2n) is 2.39. The van der Waals surface area contributed by atoms with Crippen LogP contribution in [0.3, 0.4) is 0 Å². The molecule has 0 atom stereocenters. The third-order valence-electron chi connectivity index (χ3n) is 1.51. The topological polar surface area (TPSA) is 71.0 Å². The van der Waals surface area contributed by atoms with Gasteiger partial charge in [0.2, 0.25) is 0 Å². The highest BCUT2D eigenvalue weighted by atomic mass is 19.1. The maximum atomic E-state index is 13.1. The number of nitrogens with two attached hydrogens (primary N) is 1. The molecular formula is C8H7F2N3O. The summed E-state index contributed by atoms with van der Waals surface area (Å²) in [5.41, 5.74) is -0.453. The van der Waals surface area contributed by atoms with Gasteiger partial charge in [-0.15, -0.1) is 0 Å². The standard InChI is InChI=1S/C8H7F2N3O/c9-5-1-2-7(10)6(3-5)8(13-14)4-12-11/h1-4,14H,11H2. The summed E-state index contributed by atoms with van der Waals surface area (Å²) < 4.78 is 25.8. The van der Waals surface area contributed by atoms with Crippen LogP contribution in [0.2, 0.25) is 0 Å². The summed E-state index contributed by atoms with van der Waals surface area (Å²) in [7, 11) is 0. The second kappa shape index (κ2) is 4.31. The van der Waals surface area contributed by atoms with Gasteiger partial charge < -0.3 is 11.0 Å². The van der Waals surface area contributed by atoms with Crippen LogP contribution >= 0.6 is 0 Å². The van der Waals surface area contributed by atoms with E-state index in [1.54, 1.807) is 0 Å². The fraction of sp³-hybridized carbons (Fsp3) is 0. The first-order chi connectivity index (χ1) is 6.69. The third kappa shape index (κ3) is 2.03. The maximum absolute atomic E-state index is 13.1. The molecule has 0 saturated heterocycles. The van der Waals surface area contributed by atoms with E-state index in [1.165, 1.54) is 0 Å². The van der Waals surface area contributed by atoms with Gasteiger partial charge in [-0.1, -0.05) is 5.16 Å². The van der Waals surface area contributed by atoms with Gasteiger partial charge in [0.25, 0.3) is 0 Å². The summed E-state index contributed by atoms with van der Waals surface area (Å²) in [5, 5.41) is 14.3. The predicted octanol–water partition coefficient (Wildman–Crippen LogP) is 1.09. The van der Waals surface area contributed by atoms with Crippen molar-refractivity contribution in [3.8, 4) is 0 Å². The zero-order chi connectivity index (χ0) is 10.6. The summed E-state index contributed by atoms with van der Waals surface area (Å²) in [6.07, 6.45) is 0.915. The van der Waals surface area contributed by atoms with Crippen molar-refractivity contribution >= 4 is 11.9 Å². The second-order valence-corrected chi connectivity index (χ2v) is 2.39. The quantitative estimate of drug-likeness (QED) is 0.324. The summed E-state index contributed by atoms with van der Waals surface area (Å²) >= 11 is 0. The average molecular weight is 199 g/mol. The molecule has 0 amide bonds. The number of rotatable bonds is 2. The lowest BCUT2D eigenvalue weighted by atomic mass is 10.1. The Hall–Kier alpha value is -1.98. The monoisotopic (exact) mass is 199 g/mol. The van der Waals surface area contributed by atoms with E-state index in [0.29, 0.717) is 0 Å². The van der Waals surface area contributed by atoms with Crippen molar-refractivity contribution in [2.45, 2.75) is 0 Å². The van der Waals surface area contributed by atoms with Gasteiger partial charge in [-0.3, -0.25) is 0 Å². The number of hydrogen-bond donors (Lipinski definition) is 2. The number of halogens is 2.